The van der Waals surface area contributed by atoms with Crippen LogP contribution < -0.4 is 20.8 Å². The van der Waals surface area contributed by atoms with Crippen LogP contribution in [0.3, 0.4) is 0 Å². The number of esters is 1. The van der Waals surface area contributed by atoms with Crippen LogP contribution >= 0.6 is 0 Å². The molecule has 0 saturated carbocycles. The van der Waals surface area contributed by atoms with Crippen molar-refractivity contribution in [3.63, 3.8) is 0 Å². The van der Waals surface area contributed by atoms with Crippen LogP contribution in [0.5, 0.6) is 5.75 Å². The molecule has 2 atom stereocenters. The molecule has 4 N–H and O–H groups in total. The van der Waals surface area contributed by atoms with Crippen LogP contribution in [0.2, 0.25) is 18.1 Å². The Morgan fingerprint density at radius 3 is 2.26 bits per heavy atom. The number of carbonyl (C=O) groups is 3. The molecule has 1 unspecified atom stereocenters. The molecule has 0 spiro atoms. The summed E-state index contributed by atoms with van der Waals surface area (Å²) >= 11 is 0. The predicted octanol–water partition coefficient (Wildman–Crippen LogP) is 5.77. The van der Waals surface area contributed by atoms with E-state index in [1.165, 1.54) is 0 Å². The number of rotatable bonds is 13. The van der Waals surface area contributed by atoms with Crippen molar-refractivity contribution in [2.75, 3.05) is 18.5 Å². The average Bonchev–Trinajstić information content (AvgIpc) is 2.77. The van der Waals surface area contributed by atoms with Gasteiger partial charge in [-0.3, -0.25) is 9.59 Å². The van der Waals surface area contributed by atoms with Crippen LogP contribution in [0.15, 0.2) is 18.2 Å². The molecule has 1 aromatic rings. The van der Waals surface area contributed by atoms with Crippen molar-refractivity contribution in [2.45, 2.75) is 111 Å². The maximum Gasteiger partial charge on any atom is 0.407 e. The van der Waals surface area contributed by atoms with Gasteiger partial charge in [0.1, 0.15) is 11.4 Å². The van der Waals surface area contributed by atoms with E-state index in [0.29, 0.717) is 43.7 Å². The third-order valence-electron chi connectivity index (χ3n) is 6.63. The highest BCUT2D eigenvalue weighted by molar-refractivity contribution is 6.74. The summed E-state index contributed by atoms with van der Waals surface area (Å²) in [6, 6.07) is 5.26. The number of benzene rings is 1. The Bertz CT molecular complexity index is 969. The molecule has 0 aliphatic rings. The Labute approximate surface area is 236 Å². The van der Waals surface area contributed by atoms with Gasteiger partial charge in [0, 0.05) is 12.5 Å². The molecule has 0 heterocycles. The van der Waals surface area contributed by atoms with E-state index in [2.05, 4.69) is 44.5 Å². The zero-order valence-corrected chi connectivity index (χ0v) is 26.7. The number of hydrogen-bond donors (Lipinski definition) is 3. The Kier molecular flexibility index (Phi) is 13.0. The van der Waals surface area contributed by atoms with Crippen LogP contribution in [0.4, 0.5) is 10.5 Å². The molecule has 222 valence electrons. The van der Waals surface area contributed by atoms with E-state index in [1.807, 2.05) is 18.2 Å². The predicted molar refractivity (Wildman–Crippen MR) is 158 cm³/mol. The van der Waals surface area contributed by atoms with Gasteiger partial charge in [-0.05, 0) is 89.3 Å². The Hall–Kier alpha value is -2.59. The van der Waals surface area contributed by atoms with Crippen LogP contribution in [0.1, 0.15) is 80.2 Å². The Morgan fingerprint density at radius 1 is 1.08 bits per heavy atom. The maximum absolute atomic E-state index is 12.6. The molecule has 0 bridgehead atoms. The summed E-state index contributed by atoms with van der Waals surface area (Å²) in [5.74, 6) is -0.277. The van der Waals surface area contributed by atoms with Crippen LogP contribution in [0, 0.1) is 5.92 Å². The number of nitrogens with one attached hydrogen (secondary N) is 2. The first-order chi connectivity index (χ1) is 17.9. The molecule has 10 heteroatoms. The lowest BCUT2D eigenvalue weighted by molar-refractivity contribution is -0.147. The lowest BCUT2D eigenvalue weighted by Crippen LogP contribution is -2.44. The molecule has 0 aliphatic carbocycles. The third kappa shape index (κ3) is 12.4. The van der Waals surface area contributed by atoms with Gasteiger partial charge in [0.15, 0.2) is 0 Å². The van der Waals surface area contributed by atoms with Crippen molar-refractivity contribution >= 4 is 32.0 Å². The third-order valence-corrected chi connectivity index (χ3v) is 11.0. The van der Waals surface area contributed by atoms with Crippen molar-refractivity contribution in [2.24, 2.45) is 11.7 Å². The molecule has 0 aromatic heterocycles. The highest BCUT2D eigenvalue weighted by atomic mass is 28.4. The van der Waals surface area contributed by atoms with E-state index in [9.17, 15) is 14.4 Å². The summed E-state index contributed by atoms with van der Waals surface area (Å²) in [5, 5.41) is 5.88. The van der Waals surface area contributed by atoms with E-state index < -0.39 is 32.0 Å². The first-order valence-electron chi connectivity index (χ1n) is 13.9. The molecule has 2 amide bonds. The number of alkyl carbamates (subject to hydrolysis) is 1. The van der Waals surface area contributed by atoms with Gasteiger partial charge in [0.2, 0.25) is 5.91 Å². The summed E-state index contributed by atoms with van der Waals surface area (Å²) in [5.41, 5.74) is 6.37. The zero-order valence-electron chi connectivity index (χ0n) is 25.7. The lowest BCUT2D eigenvalue weighted by atomic mass is 9.96. The number of carbonyl (C=O) groups excluding carboxylic acids is 3. The summed E-state index contributed by atoms with van der Waals surface area (Å²) in [7, 11) is -2.19. The lowest BCUT2D eigenvalue weighted by Gasteiger charge is -2.37. The van der Waals surface area contributed by atoms with Crippen molar-refractivity contribution in [1.29, 1.82) is 0 Å². The van der Waals surface area contributed by atoms with E-state index in [4.69, 9.17) is 19.6 Å². The second-order valence-electron chi connectivity index (χ2n) is 12.6. The summed E-state index contributed by atoms with van der Waals surface area (Å²) in [6.07, 6.45) is 1.10. The molecule has 9 nitrogen and oxygen atoms in total. The normalized spacial score (nSPS) is 13.7. The van der Waals surface area contributed by atoms with E-state index in [0.717, 1.165) is 5.56 Å². The van der Waals surface area contributed by atoms with E-state index >= 15 is 0 Å². The fraction of sp³-hybridized carbons (Fsp3) is 0.690. The fourth-order valence-electron chi connectivity index (χ4n) is 3.55. The molecule has 0 aliphatic heterocycles. The first-order valence-corrected chi connectivity index (χ1v) is 16.8. The quantitative estimate of drug-likeness (QED) is 0.204. The van der Waals surface area contributed by atoms with Crippen molar-refractivity contribution in [3.05, 3.63) is 23.8 Å². The van der Waals surface area contributed by atoms with Crippen LogP contribution in [-0.2, 0) is 25.5 Å². The van der Waals surface area contributed by atoms with Gasteiger partial charge in [-0.15, -0.1) is 0 Å². The SMILES string of the molecule is CCOC(=O)C(C)C[C@H](Cc1ccc(O[Si](C)(C)C(C)(C)C)c(NC(=O)CCCN)c1)NC(=O)OC(C)(C)C. The van der Waals surface area contributed by atoms with E-state index in [1.54, 1.807) is 34.6 Å². The number of nitrogens with two attached hydrogens (primary N) is 1. The highest BCUT2D eigenvalue weighted by Gasteiger charge is 2.39. The number of anilines is 1. The van der Waals surface area contributed by atoms with Crippen molar-refractivity contribution in [3.8, 4) is 5.75 Å². The van der Waals surface area contributed by atoms with Crippen LogP contribution in [-0.4, -0.2) is 51.1 Å². The monoisotopic (exact) mass is 565 g/mol. The second kappa shape index (κ2) is 14.7. The van der Waals surface area contributed by atoms with Crippen LogP contribution in [0.25, 0.3) is 0 Å². The molecular weight excluding hydrogens is 514 g/mol. The van der Waals surface area contributed by atoms with Gasteiger partial charge < -0.3 is 30.3 Å². The second-order valence-corrected chi connectivity index (χ2v) is 17.3. The van der Waals surface area contributed by atoms with Gasteiger partial charge in [-0.1, -0.05) is 33.8 Å². The highest BCUT2D eigenvalue weighted by Crippen LogP contribution is 2.39. The molecule has 1 aromatic carbocycles. The van der Waals surface area contributed by atoms with Gasteiger partial charge in [0.05, 0.1) is 18.2 Å². The Morgan fingerprint density at radius 2 is 1.72 bits per heavy atom. The topological polar surface area (TPSA) is 129 Å². The molecule has 39 heavy (non-hydrogen) atoms. The van der Waals surface area contributed by atoms with E-state index in [-0.39, 0.29) is 23.5 Å². The summed E-state index contributed by atoms with van der Waals surface area (Å²) in [4.78, 5) is 37.6. The zero-order chi connectivity index (χ0) is 30.0. The first kappa shape index (κ1) is 34.4. The number of ether oxygens (including phenoxy) is 2. The maximum atomic E-state index is 12.6. The van der Waals surface area contributed by atoms with Crippen molar-refractivity contribution < 1.29 is 28.3 Å². The average molecular weight is 566 g/mol. The van der Waals surface area contributed by atoms with Gasteiger partial charge in [-0.25, -0.2) is 4.79 Å². The largest absolute Gasteiger partial charge is 0.542 e. The number of amides is 2. The summed E-state index contributed by atoms with van der Waals surface area (Å²) in [6.45, 7) is 20.4. The van der Waals surface area contributed by atoms with Gasteiger partial charge >= 0.3 is 12.1 Å². The minimum Gasteiger partial charge on any atom is -0.542 e. The molecule has 0 saturated heterocycles. The molecular formula is C29H51N3O6Si. The Balaban J connectivity index is 3.33. The fourth-order valence-corrected chi connectivity index (χ4v) is 4.59. The standard InChI is InChI=1S/C29H51N3O6Si/c1-11-36-26(34)20(2)17-22(31-27(35)37-28(3,4)5)18-21-14-15-24(38-39(9,10)29(6,7)8)23(19-21)32-25(33)13-12-16-30/h14-15,19-20,22H,11-13,16-18,30H2,1-10H3,(H,31,35)(H,32,33)/t20?,22-/m1/s1. The molecule has 0 fully saturated rings. The molecule has 0 radical (unpaired) electrons. The van der Waals surface area contributed by atoms with Gasteiger partial charge in [-0.2, -0.15) is 0 Å². The van der Waals surface area contributed by atoms with Crippen molar-refractivity contribution in [1.82, 2.24) is 5.32 Å². The number of hydrogen-bond acceptors (Lipinski definition) is 7. The minimum atomic E-state index is -2.19. The molecule has 1 rings (SSSR count). The van der Waals surface area contributed by atoms with Gasteiger partial charge in [0.25, 0.3) is 8.32 Å². The minimum absolute atomic E-state index is 0.0296. The summed E-state index contributed by atoms with van der Waals surface area (Å²) < 4.78 is 17.2. The smallest absolute Gasteiger partial charge is 0.407 e.